The predicted octanol–water partition coefficient (Wildman–Crippen LogP) is 1.11. The van der Waals surface area contributed by atoms with Crippen molar-refractivity contribution in [2.75, 3.05) is 6.26 Å². The van der Waals surface area contributed by atoms with Gasteiger partial charge in [-0.15, -0.1) is 6.58 Å². The number of allylic oxidation sites excluding steroid dienone is 1. The molecule has 29 heavy (non-hydrogen) atoms. The lowest BCUT2D eigenvalue weighted by molar-refractivity contribution is 0.0306. The number of hydrogen-bond acceptors (Lipinski definition) is 7. The highest BCUT2D eigenvalue weighted by Crippen LogP contribution is 2.38. The maximum Gasteiger partial charge on any atom is 0.278 e. The van der Waals surface area contributed by atoms with Gasteiger partial charge in [0.25, 0.3) is 5.56 Å². The van der Waals surface area contributed by atoms with Gasteiger partial charge in [-0.05, 0) is 30.9 Å². The molecule has 1 aliphatic rings. The summed E-state index contributed by atoms with van der Waals surface area (Å²) in [6, 6.07) is 3.61. The summed E-state index contributed by atoms with van der Waals surface area (Å²) in [5, 5.41) is 10.7. The van der Waals surface area contributed by atoms with Crippen LogP contribution in [0.25, 0.3) is 16.9 Å². The van der Waals surface area contributed by atoms with E-state index in [1.807, 2.05) is 13.0 Å². The Hall–Kier alpha value is -2.85. The third-order valence-corrected chi connectivity index (χ3v) is 6.16. The zero-order valence-electron chi connectivity index (χ0n) is 16.2. The lowest BCUT2D eigenvalue weighted by Gasteiger charge is -2.21. The number of aliphatic hydroxyl groups is 1. The number of aromatic nitrogens is 5. The molecule has 4 rings (SSSR count). The molecule has 0 aliphatic heterocycles. The second-order valence-electron chi connectivity index (χ2n) is 7.21. The van der Waals surface area contributed by atoms with Gasteiger partial charge in [0, 0.05) is 12.5 Å². The van der Waals surface area contributed by atoms with Crippen LogP contribution in [0.4, 0.5) is 0 Å². The monoisotopic (exact) mass is 415 g/mol. The summed E-state index contributed by atoms with van der Waals surface area (Å²) < 4.78 is 26.7. The highest BCUT2D eigenvalue weighted by molar-refractivity contribution is 7.90. The first-order valence-corrected chi connectivity index (χ1v) is 11.1. The molecule has 0 bridgehead atoms. The van der Waals surface area contributed by atoms with Gasteiger partial charge in [-0.2, -0.15) is 4.98 Å². The lowest BCUT2D eigenvalue weighted by atomic mass is 9.98. The van der Waals surface area contributed by atoms with Crippen molar-refractivity contribution in [2.24, 2.45) is 0 Å². The fourth-order valence-electron chi connectivity index (χ4n) is 3.72. The Kier molecular flexibility index (Phi) is 4.43. The normalized spacial score (nSPS) is 18.9. The third-order valence-electron chi connectivity index (χ3n) is 5.30. The molecule has 0 aromatic carbocycles. The van der Waals surface area contributed by atoms with Crippen LogP contribution in [0.5, 0.6) is 0 Å². The smallest absolute Gasteiger partial charge is 0.278 e. The number of hydrogen-bond donors (Lipinski definition) is 1. The van der Waals surface area contributed by atoms with Crippen molar-refractivity contribution in [2.45, 2.75) is 43.5 Å². The van der Waals surface area contributed by atoms with Crippen molar-refractivity contribution in [1.82, 2.24) is 24.3 Å². The first kappa shape index (κ1) is 19.5. The fourth-order valence-corrected chi connectivity index (χ4v) is 4.21. The second-order valence-corrected chi connectivity index (χ2v) is 9.12. The largest absolute Gasteiger partial charge is 0.384 e. The summed E-state index contributed by atoms with van der Waals surface area (Å²) in [6.07, 6.45) is 5.60. The molecule has 3 aromatic heterocycles. The van der Waals surface area contributed by atoms with Gasteiger partial charge in [0.1, 0.15) is 11.0 Å². The zero-order chi connectivity index (χ0) is 21.0. The first-order valence-electron chi connectivity index (χ1n) is 9.22. The average Bonchev–Trinajstić information content (AvgIpc) is 3.17. The maximum atomic E-state index is 12.9. The molecule has 0 amide bonds. The van der Waals surface area contributed by atoms with E-state index in [1.165, 1.54) is 15.6 Å². The van der Waals surface area contributed by atoms with Crippen molar-refractivity contribution in [1.29, 1.82) is 0 Å². The van der Waals surface area contributed by atoms with Gasteiger partial charge in [-0.3, -0.25) is 4.79 Å². The molecule has 152 valence electrons. The van der Waals surface area contributed by atoms with Gasteiger partial charge < -0.3 is 5.11 Å². The minimum absolute atomic E-state index is 0.137. The number of fused-ring (bicyclic) bond motifs is 2. The van der Waals surface area contributed by atoms with Crippen molar-refractivity contribution < 1.29 is 13.5 Å². The van der Waals surface area contributed by atoms with Crippen LogP contribution in [0.3, 0.4) is 0 Å². The lowest BCUT2D eigenvalue weighted by Crippen LogP contribution is -2.25. The topological polar surface area (TPSA) is 120 Å². The van der Waals surface area contributed by atoms with Crippen LogP contribution < -0.4 is 5.56 Å². The van der Waals surface area contributed by atoms with Gasteiger partial charge in [-0.1, -0.05) is 19.1 Å². The van der Waals surface area contributed by atoms with E-state index in [0.717, 1.165) is 18.2 Å². The van der Waals surface area contributed by atoms with Crippen LogP contribution in [-0.4, -0.2) is 44.1 Å². The molecule has 0 fully saturated rings. The molecule has 1 N–H and O–H groups in total. The highest BCUT2D eigenvalue weighted by Gasteiger charge is 2.37. The Balaban J connectivity index is 2.05. The van der Waals surface area contributed by atoms with Crippen LogP contribution in [0, 0.1) is 0 Å². The van der Waals surface area contributed by atoms with E-state index in [1.54, 1.807) is 12.1 Å². The number of rotatable bonds is 5. The van der Waals surface area contributed by atoms with E-state index in [2.05, 4.69) is 21.5 Å². The molecule has 3 aromatic rings. The summed E-state index contributed by atoms with van der Waals surface area (Å²) in [7, 11) is -3.67. The molecule has 0 spiro atoms. The van der Waals surface area contributed by atoms with E-state index in [-0.39, 0.29) is 28.3 Å². The van der Waals surface area contributed by atoms with Crippen LogP contribution in [0.15, 0.2) is 40.9 Å². The van der Waals surface area contributed by atoms with Gasteiger partial charge in [0.05, 0.1) is 12.2 Å². The van der Waals surface area contributed by atoms with E-state index < -0.39 is 15.4 Å². The third kappa shape index (κ3) is 2.99. The van der Waals surface area contributed by atoms with Crippen molar-refractivity contribution in [3.05, 3.63) is 52.6 Å². The molecule has 0 unspecified atom stereocenters. The van der Waals surface area contributed by atoms with Crippen molar-refractivity contribution in [3.8, 4) is 5.82 Å². The van der Waals surface area contributed by atoms with E-state index >= 15 is 0 Å². The standard InChI is InChI=1S/C19H21N5O4S/c1-4-10-23-17(25)13-11-20-18(29(3,27)28)22-16(13)24(23)14-7-6-12-8-9-19(26,5-2)15(12)21-14/h4,6-7,11,26H,1,5,8-10H2,2-3H3/t19-/m1/s1. The van der Waals surface area contributed by atoms with Crippen LogP contribution in [0.2, 0.25) is 0 Å². The molecular weight excluding hydrogens is 394 g/mol. The van der Waals surface area contributed by atoms with Crippen LogP contribution >= 0.6 is 0 Å². The molecule has 1 aliphatic carbocycles. The molecule has 0 saturated heterocycles. The molecule has 0 saturated carbocycles. The van der Waals surface area contributed by atoms with Crippen LogP contribution in [0.1, 0.15) is 31.0 Å². The Morgan fingerprint density at radius 2 is 2.10 bits per heavy atom. The Labute approximate surface area is 167 Å². The minimum atomic E-state index is -3.67. The average molecular weight is 415 g/mol. The molecule has 10 heteroatoms. The van der Waals surface area contributed by atoms with E-state index in [0.29, 0.717) is 24.4 Å². The molecule has 3 heterocycles. The van der Waals surface area contributed by atoms with Crippen LogP contribution in [-0.2, 0) is 28.4 Å². The molecular formula is C19H21N5O4S. The van der Waals surface area contributed by atoms with E-state index in [4.69, 9.17) is 0 Å². The Morgan fingerprint density at radius 3 is 2.76 bits per heavy atom. The second kappa shape index (κ2) is 6.60. The summed E-state index contributed by atoms with van der Waals surface area (Å²) >= 11 is 0. The number of sulfone groups is 1. The summed E-state index contributed by atoms with van der Waals surface area (Å²) in [4.78, 5) is 25.5. The minimum Gasteiger partial charge on any atom is -0.384 e. The van der Waals surface area contributed by atoms with Crippen molar-refractivity contribution >= 4 is 20.9 Å². The summed E-state index contributed by atoms with van der Waals surface area (Å²) in [6.45, 7) is 5.75. The highest BCUT2D eigenvalue weighted by atomic mass is 32.2. The van der Waals surface area contributed by atoms with Crippen molar-refractivity contribution in [3.63, 3.8) is 0 Å². The molecule has 9 nitrogen and oxygen atoms in total. The number of pyridine rings is 1. The summed E-state index contributed by atoms with van der Waals surface area (Å²) in [5.41, 5.74) is 0.267. The maximum absolute atomic E-state index is 12.9. The van der Waals surface area contributed by atoms with Gasteiger partial charge >= 0.3 is 0 Å². The SMILES string of the molecule is C=CCn1c(=O)c2cnc(S(C)(=O)=O)nc2n1-c1ccc2c(n1)[C@@](O)(CC)CC2. The Bertz CT molecular complexity index is 1310. The van der Waals surface area contributed by atoms with Gasteiger partial charge in [0.15, 0.2) is 11.5 Å². The first-order chi connectivity index (χ1) is 13.7. The molecule has 0 radical (unpaired) electrons. The fraction of sp³-hybridized carbons (Fsp3) is 0.368. The molecule has 1 atom stereocenters. The summed E-state index contributed by atoms with van der Waals surface area (Å²) in [5.74, 6) is 0.365. The number of aryl methyl sites for hydroxylation is 1. The quantitative estimate of drug-likeness (QED) is 0.489. The Morgan fingerprint density at radius 1 is 1.34 bits per heavy atom. The van der Waals surface area contributed by atoms with Gasteiger partial charge in [0.2, 0.25) is 15.0 Å². The van der Waals surface area contributed by atoms with Gasteiger partial charge in [-0.25, -0.2) is 27.7 Å². The zero-order valence-corrected chi connectivity index (χ0v) is 17.0. The number of nitrogens with zero attached hydrogens (tertiary/aromatic N) is 5. The van der Waals surface area contributed by atoms with E-state index in [9.17, 15) is 18.3 Å². The predicted molar refractivity (Wildman–Crippen MR) is 107 cm³/mol.